The Morgan fingerprint density at radius 2 is 2.00 bits per heavy atom. The summed E-state index contributed by atoms with van der Waals surface area (Å²) in [6.45, 7) is 0.721. The molecule has 2 aromatic carbocycles. The zero-order valence-corrected chi connectivity index (χ0v) is 13.6. The van der Waals surface area contributed by atoms with Crippen LogP contribution < -0.4 is 10.1 Å². The molecule has 22 heavy (non-hydrogen) atoms. The first-order valence-corrected chi connectivity index (χ1v) is 7.83. The fourth-order valence-corrected chi connectivity index (χ4v) is 2.32. The van der Waals surface area contributed by atoms with E-state index in [1.165, 1.54) is 6.07 Å². The van der Waals surface area contributed by atoms with Gasteiger partial charge in [-0.05, 0) is 36.2 Å². The van der Waals surface area contributed by atoms with E-state index in [0.717, 1.165) is 4.47 Å². The average Bonchev–Trinajstić information content (AvgIpc) is 2.49. The Hall–Kier alpha value is -1.88. The minimum atomic E-state index is -0.241. The lowest BCUT2D eigenvalue weighted by Crippen LogP contribution is -2.27. The molecule has 0 aromatic heterocycles. The molecule has 116 valence electrons. The average molecular weight is 366 g/mol. The molecule has 1 N–H and O–H groups in total. The van der Waals surface area contributed by atoms with Crippen LogP contribution in [-0.4, -0.2) is 19.1 Å². The lowest BCUT2D eigenvalue weighted by atomic mass is 10.1. The van der Waals surface area contributed by atoms with Crippen LogP contribution in [0.5, 0.6) is 5.75 Å². The summed E-state index contributed by atoms with van der Waals surface area (Å²) in [6.07, 6.45) is 0.745. The van der Waals surface area contributed by atoms with Crippen molar-refractivity contribution in [3.05, 3.63) is 64.4 Å². The smallest absolute Gasteiger partial charge is 0.223 e. The summed E-state index contributed by atoms with van der Waals surface area (Å²) in [5, 5.41) is 2.76. The van der Waals surface area contributed by atoms with Crippen molar-refractivity contribution in [2.75, 3.05) is 13.2 Å². The summed E-state index contributed by atoms with van der Waals surface area (Å²) < 4.78 is 19.8. The predicted octanol–water partition coefficient (Wildman–Crippen LogP) is 3.72. The van der Waals surface area contributed by atoms with E-state index in [1.54, 1.807) is 18.2 Å². The molecule has 0 saturated carbocycles. The normalized spacial score (nSPS) is 10.3. The number of halogens is 2. The molecule has 0 fully saturated rings. The highest BCUT2D eigenvalue weighted by Crippen LogP contribution is 2.17. The largest absolute Gasteiger partial charge is 0.493 e. The van der Waals surface area contributed by atoms with Gasteiger partial charge in [0.25, 0.3) is 0 Å². The molecular weight excluding hydrogens is 349 g/mol. The van der Waals surface area contributed by atoms with Gasteiger partial charge < -0.3 is 10.1 Å². The lowest BCUT2D eigenvalue weighted by molar-refractivity contribution is -0.121. The Labute approximate surface area is 137 Å². The molecule has 0 aliphatic heterocycles. The second kappa shape index (κ2) is 8.54. The Kier molecular flexibility index (Phi) is 6.40. The maximum absolute atomic E-state index is 13.4. The first-order valence-electron chi connectivity index (χ1n) is 7.03. The number of hydrogen-bond acceptors (Lipinski definition) is 2. The van der Waals surface area contributed by atoms with Gasteiger partial charge in [-0.25, -0.2) is 4.39 Å². The van der Waals surface area contributed by atoms with Crippen LogP contribution in [0.25, 0.3) is 0 Å². The van der Waals surface area contributed by atoms with Gasteiger partial charge in [0.1, 0.15) is 11.6 Å². The van der Waals surface area contributed by atoms with Crippen molar-refractivity contribution < 1.29 is 13.9 Å². The van der Waals surface area contributed by atoms with Gasteiger partial charge in [-0.1, -0.05) is 40.2 Å². The van der Waals surface area contributed by atoms with Crippen LogP contribution >= 0.6 is 15.9 Å². The summed E-state index contributed by atoms with van der Waals surface area (Å²) in [5.41, 5.74) is 0.605. The summed E-state index contributed by atoms with van der Waals surface area (Å²) in [6, 6.07) is 14.0. The van der Waals surface area contributed by atoms with Crippen molar-refractivity contribution in [1.29, 1.82) is 0 Å². The number of carbonyl (C=O) groups excluding carboxylic acids is 1. The van der Waals surface area contributed by atoms with Gasteiger partial charge in [-0.15, -0.1) is 0 Å². The van der Waals surface area contributed by atoms with E-state index in [2.05, 4.69) is 21.2 Å². The molecule has 0 atom stereocenters. The minimum absolute atomic E-state index is 0.105. The molecule has 2 aromatic rings. The van der Waals surface area contributed by atoms with E-state index < -0.39 is 0 Å². The van der Waals surface area contributed by atoms with Crippen LogP contribution in [0, 0.1) is 5.82 Å². The van der Waals surface area contributed by atoms with Crippen LogP contribution in [0.3, 0.4) is 0 Å². The summed E-state index contributed by atoms with van der Waals surface area (Å²) in [4.78, 5) is 11.7. The van der Waals surface area contributed by atoms with Crippen molar-refractivity contribution in [2.24, 2.45) is 0 Å². The first kappa shape index (κ1) is 16.5. The maximum Gasteiger partial charge on any atom is 0.223 e. The number of rotatable bonds is 7. The molecule has 2 rings (SSSR count). The van der Waals surface area contributed by atoms with Crippen LogP contribution in [0.2, 0.25) is 0 Å². The van der Waals surface area contributed by atoms with E-state index >= 15 is 0 Å². The monoisotopic (exact) mass is 365 g/mol. The van der Waals surface area contributed by atoms with Crippen molar-refractivity contribution in [3.63, 3.8) is 0 Å². The van der Waals surface area contributed by atoms with E-state index in [0.29, 0.717) is 30.9 Å². The number of amides is 1. The molecule has 0 spiro atoms. The highest BCUT2D eigenvalue weighted by molar-refractivity contribution is 9.10. The SMILES string of the molecule is O=C(CCOc1cccc(Br)c1)NCCc1ccccc1F. The van der Waals surface area contributed by atoms with Crippen LogP contribution in [0.1, 0.15) is 12.0 Å². The molecule has 0 radical (unpaired) electrons. The number of ether oxygens (including phenoxy) is 1. The summed E-state index contributed by atoms with van der Waals surface area (Å²) in [7, 11) is 0. The quantitative estimate of drug-likeness (QED) is 0.811. The second-order valence-electron chi connectivity index (χ2n) is 4.75. The zero-order chi connectivity index (χ0) is 15.8. The van der Waals surface area contributed by atoms with Gasteiger partial charge in [0, 0.05) is 11.0 Å². The number of nitrogens with one attached hydrogen (secondary N) is 1. The van der Waals surface area contributed by atoms with Crippen LogP contribution in [0.15, 0.2) is 53.0 Å². The Bertz CT molecular complexity index is 634. The van der Waals surface area contributed by atoms with E-state index in [4.69, 9.17) is 4.74 Å². The van der Waals surface area contributed by atoms with Gasteiger partial charge in [0.2, 0.25) is 5.91 Å². The van der Waals surface area contributed by atoms with Gasteiger partial charge in [0.15, 0.2) is 0 Å². The minimum Gasteiger partial charge on any atom is -0.493 e. The molecule has 0 aliphatic rings. The third-order valence-corrected chi connectivity index (χ3v) is 3.56. The van der Waals surface area contributed by atoms with Crippen molar-refractivity contribution >= 4 is 21.8 Å². The second-order valence-corrected chi connectivity index (χ2v) is 5.66. The highest BCUT2D eigenvalue weighted by atomic mass is 79.9. The number of benzene rings is 2. The standard InChI is InChI=1S/C17H17BrFNO2/c18-14-5-3-6-15(12-14)22-11-9-17(21)20-10-8-13-4-1-2-7-16(13)19/h1-7,12H,8-11H2,(H,20,21). The fourth-order valence-electron chi connectivity index (χ4n) is 1.94. The number of carbonyl (C=O) groups is 1. The maximum atomic E-state index is 13.4. The van der Waals surface area contributed by atoms with Crippen LogP contribution in [-0.2, 0) is 11.2 Å². The molecule has 0 unspecified atom stereocenters. The Morgan fingerprint density at radius 1 is 1.18 bits per heavy atom. The predicted molar refractivity (Wildman–Crippen MR) is 87.4 cm³/mol. The first-order chi connectivity index (χ1) is 10.6. The van der Waals surface area contributed by atoms with Gasteiger partial charge in [-0.2, -0.15) is 0 Å². The molecule has 1 amide bonds. The summed E-state index contributed by atoms with van der Waals surface area (Å²) in [5.74, 6) is 0.370. The number of hydrogen-bond donors (Lipinski definition) is 1. The Balaban J connectivity index is 1.65. The van der Waals surface area contributed by atoms with Gasteiger partial charge in [-0.3, -0.25) is 4.79 Å². The Morgan fingerprint density at radius 3 is 2.77 bits per heavy atom. The third kappa shape index (κ3) is 5.48. The molecule has 0 saturated heterocycles. The summed E-state index contributed by atoms with van der Waals surface area (Å²) >= 11 is 3.36. The van der Waals surface area contributed by atoms with Gasteiger partial charge >= 0.3 is 0 Å². The highest BCUT2D eigenvalue weighted by Gasteiger charge is 2.04. The lowest BCUT2D eigenvalue weighted by Gasteiger charge is -2.08. The van der Waals surface area contributed by atoms with Crippen molar-refractivity contribution in [2.45, 2.75) is 12.8 Å². The molecule has 0 bridgehead atoms. The van der Waals surface area contributed by atoms with E-state index in [-0.39, 0.29) is 18.1 Å². The zero-order valence-electron chi connectivity index (χ0n) is 12.0. The molecule has 0 heterocycles. The third-order valence-electron chi connectivity index (χ3n) is 3.07. The topological polar surface area (TPSA) is 38.3 Å². The fraction of sp³-hybridized carbons (Fsp3) is 0.235. The van der Waals surface area contributed by atoms with Crippen molar-refractivity contribution in [1.82, 2.24) is 5.32 Å². The molecule has 5 heteroatoms. The molecular formula is C17H17BrFNO2. The van der Waals surface area contributed by atoms with E-state index in [9.17, 15) is 9.18 Å². The van der Waals surface area contributed by atoms with Gasteiger partial charge in [0.05, 0.1) is 13.0 Å². The van der Waals surface area contributed by atoms with E-state index in [1.807, 2.05) is 24.3 Å². The van der Waals surface area contributed by atoms with Crippen molar-refractivity contribution in [3.8, 4) is 5.75 Å². The van der Waals surface area contributed by atoms with Crippen LogP contribution in [0.4, 0.5) is 4.39 Å². The molecule has 0 aliphatic carbocycles. The molecule has 3 nitrogen and oxygen atoms in total.